The van der Waals surface area contributed by atoms with E-state index in [0.29, 0.717) is 5.56 Å². The maximum absolute atomic E-state index is 9.54. The van der Waals surface area contributed by atoms with Crippen molar-refractivity contribution in [1.82, 2.24) is 0 Å². The Balaban J connectivity index is 1.57. The third kappa shape index (κ3) is 4.56. The van der Waals surface area contributed by atoms with Crippen molar-refractivity contribution in [2.45, 2.75) is 0 Å². The van der Waals surface area contributed by atoms with Crippen LogP contribution in [0.25, 0.3) is 88.3 Å². The number of fused-ring (bicyclic) bond motifs is 3. The lowest BCUT2D eigenvalue weighted by Gasteiger charge is -2.18. The second-order valence-electron chi connectivity index (χ2n) is 10.7. The number of rotatable bonds is 5. The van der Waals surface area contributed by atoms with Gasteiger partial charge < -0.3 is 4.42 Å². The Bertz CT molecular complexity index is 3440. The standard InChI is InChI=1S/C46H30O/c1-4-16-31(17-5-1)34-28-29-41-42(30-34)47-46(40-27-15-10-22-35(40)32-18-6-2-7-19-32)45(41)44-38-25-13-11-23-36(38)43(33-20-8-3-9-21-33)37-24-12-14-26-39(37)44/h1-30H/i1D,2D,4D,5D,6D,7D,11D,12D,13D,14D,16D,17D,18D,19D,23D,24D,25D,26D. The lowest BCUT2D eigenvalue weighted by Crippen LogP contribution is -1.92. The van der Waals surface area contributed by atoms with Crippen LogP contribution in [-0.2, 0) is 0 Å². The van der Waals surface area contributed by atoms with Crippen molar-refractivity contribution < 1.29 is 29.1 Å². The van der Waals surface area contributed by atoms with Crippen LogP contribution in [0.2, 0.25) is 0 Å². The molecule has 8 aromatic carbocycles. The van der Waals surface area contributed by atoms with Crippen molar-refractivity contribution in [2.75, 3.05) is 0 Å². The van der Waals surface area contributed by atoms with Gasteiger partial charge in [0.15, 0.2) is 0 Å². The molecule has 0 amide bonds. The number of furan rings is 1. The molecule has 47 heavy (non-hydrogen) atoms. The Morgan fingerprint density at radius 2 is 0.894 bits per heavy atom. The van der Waals surface area contributed by atoms with Gasteiger partial charge in [0.05, 0.1) is 24.7 Å². The van der Waals surface area contributed by atoms with Crippen molar-refractivity contribution in [3.8, 4) is 55.8 Å². The molecule has 0 bridgehead atoms. The van der Waals surface area contributed by atoms with E-state index < -0.39 is 109 Å². The van der Waals surface area contributed by atoms with E-state index in [1.165, 1.54) is 24.3 Å². The molecule has 1 heteroatoms. The fourth-order valence-electron chi connectivity index (χ4n) is 6.14. The average Bonchev–Trinajstić information content (AvgIpc) is 3.69. The fourth-order valence-corrected chi connectivity index (χ4v) is 6.14. The second kappa shape index (κ2) is 11.3. The van der Waals surface area contributed by atoms with E-state index in [1.807, 2.05) is 0 Å². The zero-order valence-corrected chi connectivity index (χ0v) is 24.3. The van der Waals surface area contributed by atoms with Crippen LogP contribution in [0.4, 0.5) is 0 Å². The van der Waals surface area contributed by atoms with Gasteiger partial charge in [-0.15, -0.1) is 0 Å². The molecule has 0 fully saturated rings. The summed E-state index contributed by atoms with van der Waals surface area (Å²) in [5, 5.41) is -0.270. The monoisotopic (exact) mass is 616 g/mol. The third-order valence-electron chi connectivity index (χ3n) is 8.11. The highest BCUT2D eigenvalue weighted by Crippen LogP contribution is 2.51. The summed E-state index contributed by atoms with van der Waals surface area (Å²) in [6.45, 7) is 0. The Morgan fingerprint density at radius 1 is 0.362 bits per heavy atom. The van der Waals surface area contributed by atoms with Crippen LogP contribution in [0.15, 0.2) is 186 Å². The summed E-state index contributed by atoms with van der Waals surface area (Å²) in [4.78, 5) is 0. The lowest BCUT2D eigenvalue weighted by molar-refractivity contribution is 0.633. The fraction of sp³-hybridized carbons (Fsp3) is 0. The van der Waals surface area contributed by atoms with Gasteiger partial charge in [-0.05, 0) is 67.1 Å². The van der Waals surface area contributed by atoms with Crippen LogP contribution < -0.4 is 0 Å². The minimum Gasteiger partial charge on any atom is -0.455 e. The predicted octanol–water partition coefficient (Wildman–Crippen LogP) is 13.1. The van der Waals surface area contributed by atoms with Crippen LogP contribution in [0.3, 0.4) is 0 Å². The van der Waals surface area contributed by atoms with Gasteiger partial charge in [-0.3, -0.25) is 0 Å². The maximum Gasteiger partial charge on any atom is 0.143 e. The second-order valence-corrected chi connectivity index (χ2v) is 10.7. The van der Waals surface area contributed by atoms with Crippen molar-refractivity contribution >= 4 is 32.5 Å². The summed E-state index contributed by atoms with van der Waals surface area (Å²) in [5.74, 6) is -0.115. The molecule has 1 nitrogen and oxygen atoms in total. The van der Waals surface area contributed by atoms with Gasteiger partial charge in [0, 0.05) is 22.1 Å². The molecule has 0 aliphatic heterocycles. The molecular formula is C46H30O. The lowest BCUT2D eigenvalue weighted by atomic mass is 9.84. The van der Waals surface area contributed by atoms with E-state index >= 15 is 0 Å². The van der Waals surface area contributed by atoms with Crippen LogP contribution in [0.5, 0.6) is 0 Å². The van der Waals surface area contributed by atoms with Gasteiger partial charge in [-0.25, -0.2) is 0 Å². The van der Waals surface area contributed by atoms with Gasteiger partial charge >= 0.3 is 0 Å². The summed E-state index contributed by atoms with van der Waals surface area (Å²) in [6.07, 6.45) is 0. The first-order valence-electron chi connectivity index (χ1n) is 23.6. The highest BCUT2D eigenvalue weighted by molar-refractivity contribution is 6.25. The molecule has 0 N–H and O–H groups in total. The van der Waals surface area contributed by atoms with Crippen LogP contribution in [-0.4, -0.2) is 0 Å². The molecule has 1 heterocycles. The Kier molecular flexibility index (Phi) is 3.49. The van der Waals surface area contributed by atoms with E-state index in [1.54, 1.807) is 48.5 Å². The van der Waals surface area contributed by atoms with Crippen LogP contribution in [0.1, 0.15) is 24.7 Å². The SMILES string of the molecule is [2H]c1c([2H])c([2H])c(-c2ccc3c(-c4c5c([2H])c([2H])c([2H])c([2H])c5c(-c5ccccc5)c5c([2H])c([2H])c([2H])c([2H])c45)c(-c4ccccc4-c4c([2H])c([2H])c([2H])c([2H])c4[2H])oc3c2)c([2H])c1[2H]. The maximum atomic E-state index is 9.54. The minimum absolute atomic E-state index is 0.00900. The smallest absolute Gasteiger partial charge is 0.143 e. The van der Waals surface area contributed by atoms with Gasteiger partial charge in [-0.2, -0.15) is 0 Å². The molecule has 220 valence electrons. The van der Waals surface area contributed by atoms with Gasteiger partial charge in [0.25, 0.3) is 0 Å². The normalized spacial score (nSPS) is 16.8. The summed E-state index contributed by atoms with van der Waals surface area (Å²) in [6, 6.07) is 8.58. The average molecular weight is 617 g/mol. The largest absolute Gasteiger partial charge is 0.455 e. The van der Waals surface area contributed by atoms with E-state index in [4.69, 9.17) is 23.6 Å². The van der Waals surface area contributed by atoms with E-state index in [2.05, 4.69) is 0 Å². The Hall–Kier alpha value is -6.18. The zero-order valence-electron chi connectivity index (χ0n) is 42.3. The molecule has 0 unspecified atom stereocenters. The molecule has 0 aliphatic carbocycles. The number of hydrogen-bond acceptors (Lipinski definition) is 1. The van der Waals surface area contributed by atoms with Gasteiger partial charge in [-0.1, -0.05) is 169 Å². The van der Waals surface area contributed by atoms with Crippen LogP contribution >= 0.6 is 0 Å². The van der Waals surface area contributed by atoms with Crippen molar-refractivity contribution in [2.24, 2.45) is 0 Å². The predicted molar refractivity (Wildman–Crippen MR) is 198 cm³/mol. The van der Waals surface area contributed by atoms with Crippen molar-refractivity contribution in [1.29, 1.82) is 0 Å². The molecule has 0 aliphatic rings. The first-order valence-corrected chi connectivity index (χ1v) is 14.6. The zero-order chi connectivity index (χ0) is 46.8. The molecule has 0 radical (unpaired) electrons. The first kappa shape index (κ1) is 14.5. The number of benzene rings is 8. The molecule has 1 aromatic heterocycles. The Labute approximate surface area is 299 Å². The van der Waals surface area contributed by atoms with E-state index in [-0.39, 0.29) is 82.8 Å². The van der Waals surface area contributed by atoms with Crippen LogP contribution in [0, 0.1) is 0 Å². The van der Waals surface area contributed by atoms with E-state index in [9.17, 15) is 5.48 Å². The van der Waals surface area contributed by atoms with Gasteiger partial charge in [0.2, 0.25) is 0 Å². The summed E-state index contributed by atoms with van der Waals surface area (Å²) in [7, 11) is 0. The topological polar surface area (TPSA) is 13.1 Å². The van der Waals surface area contributed by atoms with Crippen molar-refractivity contribution in [3.63, 3.8) is 0 Å². The quantitative estimate of drug-likeness (QED) is 0.175. The highest BCUT2D eigenvalue weighted by atomic mass is 16.3. The first-order chi connectivity index (χ1) is 30.8. The molecule has 0 atom stereocenters. The van der Waals surface area contributed by atoms with E-state index in [0.717, 1.165) is 0 Å². The molecular weight excluding hydrogens is 569 g/mol. The molecule has 0 saturated carbocycles. The highest BCUT2D eigenvalue weighted by Gasteiger charge is 2.25. The minimum atomic E-state index is -0.652. The Morgan fingerprint density at radius 3 is 1.53 bits per heavy atom. The molecule has 9 rings (SSSR count). The number of hydrogen-bond donors (Lipinski definition) is 0. The molecule has 9 aromatic rings. The van der Waals surface area contributed by atoms with Gasteiger partial charge in [0.1, 0.15) is 11.3 Å². The summed E-state index contributed by atoms with van der Waals surface area (Å²) >= 11 is 0. The third-order valence-corrected chi connectivity index (χ3v) is 8.11. The summed E-state index contributed by atoms with van der Waals surface area (Å²) < 4.78 is 166. The van der Waals surface area contributed by atoms with Crippen molar-refractivity contribution in [3.05, 3.63) is 182 Å². The summed E-state index contributed by atoms with van der Waals surface area (Å²) in [5.41, 5.74) is 0.339. The molecule has 0 spiro atoms. The molecule has 0 saturated heterocycles.